The molecule has 0 unspecified atom stereocenters. The lowest BCUT2D eigenvalue weighted by molar-refractivity contribution is 0.793. The highest BCUT2D eigenvalue weighted by molar-refractivity contribution is 7.98. The van der Waals surface area contributed by atoms with Gasteiger partial charge < -0.3 is 4.57 Å². The molecule has 0 atom stereocenters. The zero-order valence-electron chi connectivity index (χ0n) is 12.0. The van der Waals surface area contributed by atoms with Crippen molar-refractivity contribution >= 4 is 11.8 Å². The predicted molar refractivity (Wildman–Crippen MR) is 85.0 cm³/mol. The van der Waals surface area contributed by atoms with Crippen LogP contribution >= 0.6 is 11.8 Å². The number of aromatic nitrogens is 4. The summed E-state index contributed by atoms with van der Waals surface area (Å²) < 4.78 is 1.97. The Morgan fingerprint density at radius 3 is 2.77 bits per heavy atom. The summed E-state index contributed by atoms with van der Waals surface area (Å²) in [7, 11) is 1.95. The third-order valence-electron chi connectivity index (χ3n) is 3.20. The molecule has 0 aliphatic rings. The van der Waals surface area contributed by atoms with Crippen molar-refractivity contribution in [2.75, 3.05) is 0 Å². The summed E-state index contributed by atoms with van der Waals surface area (Å²) >= 11 is 1.60. The fourth-order valence-corrected chi connectivity index (χ4v) is 2.93. The normalized spacial score (nSPS) is 10.4. The average molecular weight is 307 g/mol. The average Bonchev–Trinajstić information content (AvgIpc) is 2.95. The molecule has 3 aromatic rings. The molecule has 2 aromatic heterocycles. The van der Waals surface area contributed by atoms with Crippen LogP contribution < -0.4 is 0 Å². The van der Waals surface area contributed by atoms with E-state index in [0.717, 1.165) is 27.9 Å². The van der Waals surface area contributed by atoms with Gasteiger partial charge in [0, 0.05) is 30.8 Å². The number of hydrogen-bond donors (Lipinski definition) is 0. The molecule has 0 radical (unpaired) electrons. The maximum Gasteiger partial charge on any atom is 0.191 e. The Labute approximate surface area is 132 Å². The molecule has 0 bridgehead atoms. The van der Waals surface area contributed by atoms with Crippen molar-refractivity contribution in [2.24, 2.45) is 7.05 Å². The zero-order chi connectivity index (χ0) is 15.4. The molecular weight excluding hydrogens is 294 g/mol. The Hall–Kier alpha value is -2.65. The summed E-state index contributed by atoms with van der Waals surface area (Å²) in [5.74, 6) is 1.56. The third kappa shape index (κ3) is 3.00. The molecule has 22 heavy (non-hydrogen) atoms. The highest BCUT2D eigenvalue weighted by atomic mass is 32.2. The second-order valence-electron chi connectivity index (χ2n) is 4.70. The maximum atomic E-state index is 8.93. The molecule has 0 fully saturated rings. The molecule has 3 rings (SSSR count). The van der Waals surface area contributed by atoms with E-state index in [4.69, 9.17) is 5.26 Å². The molecule has 0 N–H and O–H groups in total. The van der Waals surface area contributed by atoms with E-state index in [9.17, 15) is 0 Å². The van der Waals surface area contributed by atoms with E-state index in [1.54, 1.807) is 30.2 Å². The molecule has 5 nitrogen and oxygen atoms in total. The topological polar surface area (TPSA) is 67.4 Å². The van der Waals surface area contributed by atoms with Gasteiger partial charge in [-0.15, -0.1) is 10.2 Å². The van der Waals surface area contributed by atoms with E-state index >= 15 is 0 Å². The molecule has 0 aliphatic carbocycles. The Bertz CT molecular complexity index is 820. The molecule has 108 valence electrons. The molecule has 0 aliphatic heterocycles. The minimum absolute atomic E-state index is 0.675. The van der Waals surface area contributed by atoms with Crippen LogP contribution in [0.4, 0.5) is 0 Å². The summed E-state index contributed by atoms with van der Waals surface area (Å²) in [4.78, 5) is 4.01. The van der Waals surface area contributed by atoms with Crippen LogP contribution in [0.25, 0.3) is 11.4 Å². The minimum Gasteiger partial charge on any atom is -0.305 e. The van der Waals surface area contributed by atoms with E-state index in [2.05, 4.69) is 21.3 Å². The number of nitriles is 1. The lowest BCUT2D eigenvalue weighted by Gasteiger charge is -2.04. The van der Waals surface area contributed by atoms with Gasteiger partial charge in [-0.2, -0.15) is 5.26 Å². The number of thioether (sulfide) groups is 1. The zero-order valence-corrected chi connectivity index (χ0v) is 12.8. The van der Waals surface area contributed by atoms with E-state index in [-0.39, 0.29) is 0 Å². The van der Waals surface area contributed by atoms with E-state index < -0.39 is 0 Å². The summed E-state index contributed by atoms with van der Waals surface area (Å²) in [6.07, 6.45) is 3.48. The summed E-state index contributed by atoms with van der Waals surface area (Å²) in [5, 5.41) is 18.3. The SMILES string of the molecule is Cn1c(SCc2cccc(C#N)c2)nnc1-c1ccncc1. The quantitative estimate of drug-likeness (QED) is 0.693. The van der Waals surface area contributed by atoms with E-state index in [1.165, 1.54) is 0 Å². The van der Waals surface area contributed by atoms with Gasteiger partial charge >= 0.3 is 0 Å². The fourth-order valence-electron chi connectivity index (χ4n) is 2.07. The Kier molecular flexibility index (Phi) is 4.17. The first-order chi connectivity index (χ1) is 10.8. The van der Waals surface area contributed by atoms with Crippen molar-refractivity contribution in [1.82, 2.24) is 19.7 Å². The van der Waals surface area contributed by atoms with Crippen molar-refractivity contribution in [2.45, 2.75) is 10.9 Å². The number of benzene rings is 1. The van der Waals surface area contributed by atoms with Crippen LogP contribution in [0.5, 0.6) is 0 Å². The third-order valence-corrected chi connectivity index (χ3v) is 4.29. The van der Waals surface area contributed by atoms with Crippen molar-refractivity contribution in [1.29, 1.82) is 5.26 Å². The largest absolute Gasteiger partial charge is 0.305 e. The highest BCUT2D eigenvalue weighted by Crippen LogP contribution is 2.25. The monoisotopic (exact) mass is 307 g/mol. The van der Waals surface area contributed by atoms with Crippen molar-refractivity contribution in [3.8, 4) is 17.5 Å². The number of hydrogen-bond acceptors (Lipinski definition) is 5. The summed E-state index contributed by atoms with van der Waals surface area (Å²) in [6, 6.07) is 13.6. The molecule has 6 heteroatoms. The van der Waals surface area contributed by atoms with Gasteiger partial charge in [-0.3, -0.25) is 4.98 Å². The number of pyridine rings is 1. The summed E-state index contributed by atoms with van der Waals surface area (Å²) in [5.41, 5.74) is 2.76. The Morgan fingerprint density at radius 1 is 1.18 bits per heavy atom. The van der Waals surface area contributed by atoms with Crippen LogP contribution in [0.1, 0.15) is 11.1 Å². The van der Waals surface area contributed by atoms with Crippen LogP contribution in [0, 0.1) is 11.3 Å². The second-order valence-corrected chi connectivity index (χ2v) is 5.64. The Morgan fingerprint density at radius 2 is 2.00 bits per heavy atom. The smallest absolute Gasteiger partial charge is 0.191 e. The standard InChI is InChI=1S/C16H13N5S/c1-21-15(14-5-7-18-8-6-14)19-20-16(21)22-11-13-4-2-3-12(9-13)10-17/h2-9H,11H2,1H3. The van der Waals surface area contributed by atoms with Gasteiger partial charge in [-0.25, -0.2) is 0 Å². The molecule has 0 spiro atoms. The lowest BCUT2D eigenvalue weighted by atomic mass is 10.2. The lowest BCUT2D eigenvalue weighted by Crippen LogP contribution is -1.95. The first-order valence-electron chi connectivity index (χ1n) is 6.69. The van der Waals surface area contributed by atoms with Gasteiger partial charge in [-0.05, 0) is 29.8 Å². The van der Waals surface area contributed by atoms with Gasteiger partial charge in [-0.1, -0.05) is 23.9 Å². The van der Waals surface area contributed by atoms with E-state index in [0.29, 0.717) is 5.56 Å². The number of rotatable bonds is 4. The highest BCUT2D eigenvalue weighted by Gasteiger charge is 2.11. The van der Waals surface area contributed by atoms with Crippen LogP contribution in [-0.2, 0) is 12.8 Å². The van der Waals surface area contributed by atoms with Crippen molar-refractivity contribution in [3.63, 3.8) is 0 Å². The first-order valence-corrected chi connectivity index (χ1v) is 7.68. The van der Waals surface area contributed by atoms with Crippen LogP contribution in [0.15, 0.2) is 53.9 Å². The fraction of sp³-hybridized carbons (Fsp3) is 0.125. The van der Waals surface area contributed by atoms with Gasteiger partial charge in [0.05, 0.1) is 11.6 Å². The molecule has 1 aromatic carbocycles. The van der Waals surface area contributed by atoms with Crippen LogP contribution in [0.2, 0.25) is 0 Å². The number of nitrogens with zero attached hydrogens (tertiary/aromatic N) is 5. The van der Waals surface area contributed by atoms with Gasteiger partial charge in [0.2, 0.25) is 0 Å². The molecule has 0 saturated heterocycles. The molecule has 2 heterocycles. The molecule has 0 saturated carbocycles. The summed E-state index contributed by atoms with van der Waals surface area (Å²) in [6.45, 7) is 0. The predicted octanol–water partition coefficient (Wildman–Crippen LogP) is 3.04. The maximum absolute atomic E-state index is 8.93. The van der Waals surface area contributed by atoms with Crippen molar-refractivity contribution < 1.29 is 0 Å². The van der Waals surface area contributed by atoms with E-state index in [1.807, 2.05) is 41.9 Å². The van der Waals surface area contributed by atoms with Gasteiger partial charge in [0.15, 0.2) is 11.0 Å². The van der Waals surface area contributed by atoms with Crippen molar-refractivity contribution in [3.05, 3.63) is 59.9 Å². The Balaban J connectivity index is 1.77. The molecular formula is C16H13N5S. The van der Waals surface area contributed by atoms with Crippen LogP contribution in [0.3, 0.4) is 0 Å². The van der Waals surface area contributed by atoms with Gasteiger partial charge in [0.1, 0.15) is 0 Å². The first kappa shape index (κ1) is 14.3. The van der Waals surface area contributed by atoms with Crippen LogP contribution in [-0.4, -0.2) is 19.7 Å². The molecule has 0 amide bonds. The second kappa shape index (κ2) is 6.41. The van der Waals surface area contributed by atoms with Gasteiger partial charge in [0.25, 0.3) is 0 Å². The minimum atomic E-state index is 0.675.